The van der Waals surface area contributed by atoms with E-state index in [9.17, 15) is 4.79 Å². The van der Waals surface area contributed by atoms with Crippen molar-refractivity contribution in [3.05, 3.63) is 12.2 Å². The molecule has 0 spiro atoms. The highest BCUT2D eigenvalue weighted by molar-refractivity contribution is 5.86. The summed E-state index contributed by atoms with van der Waals surface area (Å²) < 4.78 is 9.60. The molecule has 0 aromatic rings. The van der Waals surface area contributed by atoms with Gasteiger partial charge in [0, 0.05) is 5.57 Å². The Hall–Kier alpha value is -0.830. The molecule has 0 amide bonds. The number of esters is 1. The standard InChI is InChI=1S/C10H16.C7H10O3/c1-7-2-9-4-8(1)5-10(3-7)6-9;1-5(2)7(8)10-4-6-3-9-6/h7-10H,1-6H2;6H,1,3-4H2,2H3. The van der Waals surface area contributed by atoms with Gasteiger partial charge in [-0.25, -0.2) is 4.79 Å². The molecule has 112 valence electrons. The molecule has 0 aromatic heterocycles. The summed E-state index contributed by atoms with van der Waals surface area (Å²) in [6.07, 6.45) is 9.77. The zero-order chi connectivity index (χ0) is 14.1. The number of carbonyl (C=O) groups is 1. The summed E-state index contributed by atoms with van der Waals surface area (Å²) in [6.45, 7) is 6.14. The van der Waals surface area contributed by atoms with Crippen molar-refractivity contribution in [3.63, 3.8) is 0 Å². The van der Waals surface area contributed by atoms with Gasteiger partial charge in [0.05, 0.1) is 6.61 Å². The maximum Gasteiger partial charge on any atom is 0.333 e. The number of carbonyl (C=O) groups excluding carboxylic acids is 1. The predicted octanol–water partition coefficient (Wildman–Crippen LogP) is 3.34. The van der Waals surface area contributed by atoms with Crippen LogP contribution in [0.3, 0.4) is 0 Å². The molecule has 3 nitrogen and oxygen atoms in total. The second kappa shape index (κ2) is 5.88. The maximum atomic E-state index is 10.7. The van der Waals surface area contributed by atoms with Crippen LogP contribution in [-0.4, -0.2) is 25.3 Å². The number of ether oxygens (including phenoxy) is 2. The topological polar surface area (TPSA) is 38.8 Å². The van der Waals surface area contributed by atoms with Gasteiger partial charge in [-0.2, -0.15) is 0 Å². The highest BCUT2D eigenvalue weighted by atomic mass is 16.6. The first-order valence-electron chi connectivity index (χ1n) is 8.04. The molecule has 5 rings (SSSR count). The lowest BCUT2D eigenvalue weighted by Gasteiger charge is -2.49. The molecule has 4 aliphatic carbocycles. The Bertz CT molecular complexity index is 327. The van der Waals surface area contributed by atoms with E-state index in [0.717, 1.165) is 0 Å². The van der Waals surface area contributed by atoms with Gasteiger partial charge in [0.15, 0.2) is 0 Å². The summed E-state index contributed by atoms with van der Waals surface area (Å²) in [5.41, 5.74) is 0.431. The highest BCUT2D eigenvalue weighted by Gasteiger charge is 2.41. The molecule has 0 radical (unpaired) electrons. The van der Waals surface area contributed by atoms with Crippen LogP contribution in [0.2, 0.25) is 0 Å². The van der Waals surface area contributed by atoms with Gasteiger partial charge in [0.25, 0.3) is 0 Å². The minimum atomic E-state index is -0.337. The average Bonchev–Trinajstić information content (AvgIpc) is 3.19. The molecule has 4 bridgehead atoms. The first-order valence-corrected chi connectivity index (χ1v) is 8.04. The van der Waals surface area contributed by atoms with Gasteiger partial charge in [0.2, 0.25) is 0 Å². The summed E-state index contributed by atoms with van der Waals surface area (Å²) in [6, 6.07) is 0. The first-order chi connectivity index (χ1) is 9.60. The van der Waals surface area contributed by atoms with Gasteiger partial charge in [0.1, 0.15) is 12.7 Å². The van der Waals surface area contributed by atoms with Crippen LogP contribution in [0.15, 0.2) is 12.2 Å². The van der Waals surface area contributed by atoms with E-state index in [2.05, 4.69) is 6.58 Å². The molecular formula is C17H26O3. The van der Waals surface area contributed by atoms with Crippen LogP contribution in [0.25, 0.3) is 0 Å². The molecule has 1 atom stereocenters. The van der Waals surface area contributed by atoms with Gasteiger partial charge in [-0.1, -0.05) is 6.58 Å². The molecule has 20 heavy (non-hydrogen) atoms. The molecule has 1 unspecified atom stereocenters. The van der Waals surface area contributed by atoms with E-state index in [0.29, 0.717) is 18.8 Å². The third kappa shape index (κ3) is 3.63. The fourth-order valence-corrected chi connectivity index (χ4v) is 4.44. The summed E-state index contributed by atoms with van der Waals surface area (Å²) in [7, 11) is 0. The Morgan fingerprint density at radius 3 is 1.75 bits per heavy atom. The summed E-state index contributed by atoms with van der Waals surface area (Å²) in [5.74, 6) is 4.37. The number of hydrogen-bond donors (Lipinski definition) is 0. The van der Waals surface area contributed by atoms with E-state index in [1.807, 2.05) is 0 Å². The first kappa shape index (κ1) is 14.1. The largest absolute Gasteiger partial charge is 0.459 e. The van der Waals surface area contributed by atoms with Crippen LogP contribution in [0, 0.1) is 23.7 Å². The smallest absolute Gasteiger partial charge is 0.333 e. The second-order valence-electron chi connectivity index (χ2n) is 7.21. The number of rotatable bonds is 3. The predicted molar refractivity (Wildman–Crippen MR) is 77.2 cm³/mol. The number of hydrogen-bond acceptors (Lipinski definition) is 3. The SMILES string of the molecule is C1C2CC3CC1CC(C2)C3.C=C(C)C(=O)OCC1CO1. The zero-order valence-corrected chi connectivity index (χ0v) is 12.5. The summed E-state index contributed by atoms with van der Waals surface area (Å²) in [4.78, 5) is 10.7. The van der Waals surface area contributed by atoms with E-state index in [4.69, 9.17) is 9.47 Å². The molecule has 3 heteroatoms. The Morgan fingerprint density at radius 1 is 1.05 bits per heavy atom. The van der Waals surface area contributed by atoms with Crippen LogP contribution >= 0.6 is 0 Å². The van der Waals surface area contributed by atoms with Gasteiger partial charge in [-0.05, 0) is 69.1 Å². The highest BCUT2D eigenvalue weighted by Crippen LogP contribution is 2.53. The molecule has 5 fully saturated rings. The van der Waals surface area contributed by atoms with Crippen LogP contribution < -0.4 is 0 Å². The summed E-state index contributed by atoms with van der Waals surface area (Å²) >= 11 is 0. The van der Waals surface area contributed by atoms with E-state index in [1.54, 1.807) is 45.4 Å². The van der Waals surface area contributed by atoms with Crippen molar-refractivity contribution in [1.29, 1.82) is 0 Å². The van der Waals surface area contributed by atoms with Crippen LogP contribution in [0.5, 0.6) is 0 Å². The van der Waals surface area contributed by atoms with Gasteiger partial charge < -0.3 is 9.47 Å². The zero-order valence-electron chi connectivity index (χ0n) is 12.5. The number of epoxide rings is 1. The van der Waals surface area contributed by atoms with Gasteiger partial charge >= 0.3 is 5.97 Å². The van der Waals surface area contributed by atoms with Crippen molar-refractivity contribution in [2.24, 2.45) is 23.7 Å². The van der Waals surface area contributed by atoms with E-state index in [1.165, 1.54) is 23.7 Å². The van der Waals surface area contributed by atoms with E-state index < -0.39 is 0 Å². The minimum Gasteiger partial charge on any atom is -0.459 e. The molecule has 0 N–H and O–H groups in total. The fraction of sp³-hybridized carbons (Fsp3) is 0.824. The van der Waals surface area contributed by atoms with Crippen LogP contribution in [-0.2, 0) is 14.3 Å². The normalized spacial score (nSPS) is 39.8. The lowest BCUT2D eigenvalue weighted by Crippen LogP contribution is -2.38. The molecule has 1 saturated heterocycles. The minimum absolute atomic E-state index is 0.142. The quantitative estimate of drug-likeness (QED) is 0.451. The third-order valence-corrected chi connectivity index (χ3v) is 5.15. The Balaban J connectivity index is 0.000000121. The average molecular weight is 278 g/mol. The van der Waals surface area contributed by atoms with Gasteiger partial charge in [-0.3, -0.25) is 0 Å². The van der Waals surface area contributed by atoms with Crippen molar-refractivity contribution < 1.29 is 14.3 Å². The Labute approximate surface area is 121 Å². The lowest BCUT2D eigenvalue weighted by atomic mass is 9.56. The third-order valence-electron chi connectivity index (χ3n) is 5.15. The van der Waals surface area contributed by atoms with E-state index >= 15 is 0 Å². The molecule has 1 aliphatic heterocycles. The monoisotopic (exact) mass is 278 g/mol. The molecule has 0 aromatic carbocycles. The molecule has 1 heterocycles. The lowest BCUT2D eigenvalue weighted by molar-refractivity contribution is -0.139. The molecular weight excluding hydrogens is 252 g/mol. The van der Waals surface area contributed by atoms with Crippen LogP contribution in [0.4, 0.5) is 0 Å². The summed E-state index contributed by atoms with van der Waals surface area (Å²) in [5, 5.41) is 0. The van der Waals surface area contributed by atoms with Crippen LogP contribution in [0.1, 0.15) is 45.4 Å². The fourth-order valence-electron chi connectivity index (χ4n) is 4.44. The van der Waals surface area contributed by atoms with E-state index in [-0.39, 0.29) is 12.1 Å². The van der Waals surface area contributed by atoms with Gasteiger partial charge in [-0.15, -0.1) is 0 Å². The molecule has 5 aliphatic rings. The Morgan fingerprint density at radius 2 is 1.45 bits per heavy atom. The second-order valence-corrected chi connectivity index (χ2v) is 7.21. The van der Waals surface area contributed by atoms with Crippen molar-refractivity contribution in [2.45, 2.75) is 51.6 Å². The Kier molecular flexibility index (Phi) is 4.16. The van der Waals surface area contributed by atoms with Crippen molar-refractivity contribution in [1.82, 2.24) is 0 Å². The maximum absolute atomic E-state index is 10.7. The van der Waals surface area contributed by atoms with Crippen molar-refractivity contribution in [2.75, 3.05) is 13.2 Å². The van der Waals surface area contributed by atoms with Crippen molar-refractivity contribution in [3.8, 4) is 0 Å². The molecule has 4 saturated carbocycles. The van der Waals surface area contributed by atoms with Crippen molar-refractivity contribution >= 4 is 5.97 Å².